The summed E-state index contributed by atoms with van der Waals surface area (Å²) in [5, 5.41) is 32.5. The summed E-state index contributed by atoms with van der Waals surface area (Å²) < 4.78 is 0. The van der Waals surface area contributed by atoms with Crippen molar-refractivity contribution in [2.75, 3.05) is 6.61 Å². The van der Waals surface area contributed by atoms with E-state index >= 15 is 0 Å². The van der Waals surface area contributed by atoms with Crippen molar-refractivity contribution in [3.8, 4) is 0 Å². The first-order valence-corrected chi connectivity index (χ1v) is 13.9. The second-order valence-electron chi connectivity index (χ2n) is 14.7. The van der Waals surface area contributed by atoms with Crippen LogP contribution in [0.25, 0.3) is 0 Å². The smallest absolute Gasteiger partial charge is 0.0852 e. The highest BCUT2D eigenvalue weighted by atomic mass is 16.3. The fourth-order valence-corrected chi connectivity index (χ4v) is 11.7. The van der Waals surface area contributed by atoms with Crippen LogP contribution in [0.4, 0.5) is 0 Å². The van der Waals surface area contributed by atoms with Crippen LogP contribution in [0.2, 0.25) is 0 Å². The minimum absolute atomic E-state index is 0.0675. The normalized spacial score (nSPS) is 57.4. The number of rotatable bonds is 2. The molecule has 0 aliphatic heterocycles. The maximum atomic E-state index is 11.0. The summed E-state index contributed by atoms with van der Waals surface area (Å²) in [6.07, 6.45) is 9.09. The van der Waals surface area contributed by atoms with E-state index in [1.165, 1.54) is 37.7 Å². The van der Waals surface area contributed by atoms with E-state index in [-0.39, 0.29) is 27.1 Å². The maximum absolute atomic E-state index is 11.0. The van der Waals surface area contributed by atoms with Gasteiger partial charge in [-0.15, -0.1) is 0 Å². The first kappa shape index (κ1) is 24.3. The molecular weight excluding hydrogens is 408 g/mol. The molecule has 188 valence electrons. The van der Waals surface area contributed by atoms with E-state index in [1.807, 2.05) is 0 Å². The molecular formula is C30H50O3. The third-order valence-electron chi connectivity index (χ3n) is 13.5. The van der Waals surface area contributed by atoms with Gasteiger partial charge in [0.25, 0.3) is 0 Å². The minimum atomic E-state index is -0.624. The summed E-state index contributed by atoms with van der Waals surface area (Å²) >= 11 is 0. The quantitative estimate of drug-likeness (QED) is 0.447. The molecule has 0 aromatic carbocycles. The van der Waals surface area contributed by atoms with Crippen LogP contribution in [0.3, 0.4) is 0 Å². The summed E-state index contributed by atoms with van der Waals surface area (Å²) in [5.74, 6) is 2.81. The van der Waals surface area contributed by atoms with Crippen molar-refractivity contribution in [3.05, 3.63) is 12.2 Å². The van der Waals surface area contributed by atoms with Crippen LogP contribution in [0.15, 0.2) is 12.2 Å². The van der Waals surface area contributed by atoms with Crippen LogP contribution < -0.4 is 0 Å². The molecule has 0 radical (unpaired) electrons. The van der Waals surface area contributed by atoms with Crippen LogP contribution >= 0.6 is 0 Å². The standard InChI is InChI=1S/C30H50O3/c1-18(2)19-10-13-30(17-31)15-14-28(6)20(24(19)30)8-9-23-27(5)16-21(32)25(33)26(3,4)22(27)11-12-29(23,28)7/h19-25,31-33H,1,8-17H2,2-7H3/t19-,20+,21-,22-,23+,24+,25-,27-,28+,29+,30+/m0/s1. The van der Waals surface area contributed by atoms with Gasteiger partial charge in [0.15, 0.2) is 0 Å². The Hall–Kier alpha value is -0.380. The molecule has 5 saturated carbocycles. The van der Waals surface area contributed by atoms with Crippen molar-refractivity contribution in [2.24, 2.45) is 56.7 Å². The predicted octanol–water partition coefficient (Wildman–Crippen LogP) is 5.97. The van der Waals surface area contributed by atoms with Gasteiger partial charge in [0, 0.05) is 6.61 Å². The van der Waals surface area contributed by atoms with E-state index in [0.717, 1.165) is 25.7 Å². The van der Waals surface area contributed by atoms with E-state index in [2.05, 4.69) is 48.1 Å². The summed E-state index contributed by atoms with van der Waals surface area (Å²) in [7, 11) is 0. The second-order valence-corrected chi connectivity index (χ2v) is 14.7. The lowest BCUT2D eigenvalue weighted by atomic mass is 9.32. The molecule has 5 fully saturated rings. The van der Waals surface area contributed by atoms with Crippen LogP contribution in [-0.4, -0.2) is 34.1 Å². The fourth-order valence-electron chi connectivity index (χ4n) is 11.7. The Balaban J connectivity index is 1.56. The van der Waals surface area contributed by atoms with Gasteiger partial charge in [-0.05, 0) is 121 Å². The summed E-state index contributed by atoms with van der Waals surface area (Å²) in [6, 6.07) is 0. The number of hydrogen-bond donors (Lipinski definition) is 3. The molecule has 5 aliphatic rings. The first-order valence-electron chi connectivity index (χ1n) is 13.9. The molecule has 0 bridgehead atoms. The molecule has 0 saturated heterocycles. The number of fused-ring (bicyclic) bond motifs is 7. The Labute approximate surface area is 202 Å². The van der Waals surface area contributed by atoms with Crippen LogP contribution in [0.5, 0.6) is 0 Å². The number of aliphatic hydroxyl groups excluding tert-OH is 3. The predicted molar refractivity (Wildman–Crippen MR) is 133 cm³/mol. The molecule has 3 nitrogen and oxygen atoms in total. The average molecular weight is 459 g/mol. The van der Waals surface area contributed by atoms with Crippen molar-refractivity contribution >= 4 is 0 Å². The Morgan fingerprint density at radius 2 is 1.55 bits per heavy atom. The van der Waals surface area contributed by atoms with Crippen molar-refractivity contribution in [3.63, 3.8) is 0 Å². The zero-order valence-corrected chi connectivity index (χ0v) is 22.2. The third kappa shape index (κ3) is 2.85. The van der Waals surface area contributed by atoms with E-state index in [1.54, 1.807) is 0 Å². The molecule has 0 aromatic rings. The van der Waals surface area contributed by atoms with Gasteiger partial charge in [0.1, 0.15) is 0 Å². The summed E-state index contributed by atoms with van der Waals surface area (Å²) in [5.41, 5.74) is 1.75. The molecule has 3 N–H and O–H groups in total. The van der Waals surface area contributed by atoms with Gasteiger partial charge in [-0.25, -0.2) is 0 Å². The highest BCUT2D eigenvalue weighted by molar-refractivity contribution is 5.22. The second kappa shape index (κ2) is 7.32. The monoisotopic (exact) mass is 458 g/mol. The van der Waals surface area contributed by atoms with Gasteiger partial charge < -0.3 is 15.3 Å². The maximum Gasteiger partial charge on any atom is 0.0852 e. The highest BCUT2D eigenvalue weighted by Crippen LogP contribution is 2.77. The molecule has 11 atom stereocenters. The Morgan fingerprint density at radius 3 is 2.18 bits per heavy atom. The SMILES string of the molecule is C=C(C)[C@@H]1CC[C@]2(CO)CC[C@]3(C)[C@H](CC[C@@H]4[C@@]5(C)C[C@H](O)[C@H](O)C(C)(C)[C@@H]5CC[C@]43C)[C@@H]12. The van der Waals surface area contributed by atoms with Crippen molar-refractivity contribution in [1.82, 2.24) is 0 Å². The van der Waals surface area contributed by atoms with E-state index in [0.29, 0.717) is 36.2 Å². The van der Waals surface area contributed by atoms with Crippen molar-refractivity contribution < 1.29 is 15.3 Å². The Kier molecular flexibility index (Phi) is 5.40. The Morgan fingerprint density at radius 1 is 0.848 bits per heavy atom. The van der Waals surface area contributed by atoms with E-state index in [9.17, 15) is 15.3 Å². The van der Waals surface area contributed by atoms with Crippen LogP contribution in [0, 0.1) is 56.7 Å². The lowest BCUT2D eigenvalue weighted by Gasteiger charge is -2.73. The van der Waals surface area contributed by atoms with Gasteiger partial charge in [-0.1, -0.05) is 46.8 Å². The van der Waals surface area contributed by atoms with Gasteiger partial charge in [-0.2, -0.15) is 0 Å². The largest absolute Gasteiger partial charge is 0.396 e. The van der Waals surface area contributed by atoms with Gasteiger partial charge >= 0.3 is 0 Å². The average Bonchev–Trinajstić information content (AvgIpc) is 3.13. The molecule has 5 aliphatic carbocycles. The zero-order valence-electron chi connectivity index (χ0n) is 22.2. The minimum Gasteiger partial charge on any atom is -0.396 e. The molecule has 5 rings (SSSR count). The zero-order chi connectivity index (χ0) is 24.2. The van der Waals surface area contributed by atoms with E-state index < -0.39 is 12.2 Å². The lowest BCUT2D eigenvalue weighted by molar-refractivity contribution is -0.264. The molecule has 0 heterocycles. The van der Waals surface area contributed by atoms with Gasteiger partial charge in [-0.3, -0.25) is 0 Å². The van der Waals surface area contributed by atoms with Crippen molar-refractivity contribution in [1.29, 1.82) is 0 Å². The molecule has 0 amide bonds. The molecule has 3 heteroatoms. The fraction of sp³-hybridized carbons (Fsp3) is 0.933. The number of allylic oxidation sites excluding steroid dienone is 1. The molecule has 0 spiro atoms. The van der Waals surface area contributed by atoms with Crippen LogP contribution in [0.1, 0.15) is 99.3 Å². The molecule has 33 heavy (non-hydrogen) atoms. The van der Waals surface area contributed by atoms with Gasteiger partial charge in [0.05, 0.1) is 12.2 Å². The van der Waals surface area contributed by atoms with Gasteiger partial charge in [0.2, 0.25) is 0 Å². The number of hydrogen-bond acceptors (Lipinski definition) is 3. The Bertz CT molecular complexity index is 819. The highest BCUT2D eigenvalue weighted by Gasteiger charge is 2.71. The van der Waals surface area contributed by atoms with Crippen molar-refractivity contribution in [2.45, 2.75) is 112 Å². The topological polar surface area (TPSA) is 60.7 Å². The third-order valence-corrected chi connectivity index (χ3v) is 13.5. The van der Waals surface area contributed by atoms with E-state index in [4.69, 9.17) is 0 Å². The summed E-state index contributed by atoms with van der Waals surface area (Å²) in [6.45, 7) is 19.1. The number of aliphatic hydroxyl groups is 3. The van der Waals surface area contributed by atoms with Crippen LogP contribution in [-0.2, 0) is 0 Å². The summed E-state index contributed by atoms with van der Waals surface area (Å²) in [4.78, 5) is 0. The molecule has 0 unspecified atom stereocenters. The molecule has 0 aromatic heterocycles. The lowest BCUT2D eigenvalue weighted by Crippen LogP contribution is -2.68. The first-order chi connectivity index (χ1) is 15.3.